The Bertz CT molecular complexity index is 567. The lowest BCUT2D eigenvalue weighted by molar-refractivity contribution is -0.290. The van der Waals surface area contributed by atoms with Gasteiger partial charge in [0.25, 0.3) is 0 Å². The summed E-state index contributed by atoms with van der Waals surface area (Å²) in [5.41, 5.74) is 0. The summed E-state index contributed by atoms with van der Waals surface area (Å²) in [7, 11) is -4.14. The predicted octanol–water partition coefficient (Wildman–Crippen LogP) is 0.183. The van der Waals surface area contributed by atoms with E-state index in [1.807, 2.05) is 0 Å². The molecule has 0 aromatic heterocycles. The van der Waals surface area contributed by atoms with Gasteiger partial charge in [-0.25, -0.2) is 5.14 Å². The maximum atomic E-state index is 11.1. The van der Waals surface area contributed by atoms with Crippen LogP contribution in [0.5, 0.6) is 0 Å². The van der Waals surface area contributed by atoms with E-state index < -0.39 is 46.5 Å². The van der Waals surface area contributed by atoms with Gasteiger partial charge < -0.3 is 23.7 Å². The van der Waals surface area contributed by atoms with Gasteiger partial charge in [0.1, 0.15) is 24.9 Å². The molecule has 9 nitrogen and oxygen atoms in total. The molecule has 136 valence electrons. The van der Waals surface area contributed by atoms with E-state index in [2.05, 4.69) is 0 Å². The van der Waals surface area contributed by atoms with Crippen molar-refractivity contribution in [1.82, 2.24) is 0 Å². The predicted molar refractivity (Wildman–Crippen MR) is 81.9 cm³/mol. The lowest BCUT2D eigenvalue weighted by Crippen LogP contribution is -2.60. The van der Waals surface area contributed by atoms with E-state index in [4.69, 9.17) is 33.0 Å². The highest BCUT2D eigenvalue weighted by molar-refractivity contribution is 8.93. The Morgan fingerprint density at radius 2 is 1.78 bits per heavy atom. The minimum absolute atomic E-state index is 0. The summed E-state index contributed by atoms with van der Waals surface area (Å²) in [6.07, 6.45) is -1.50. The molecule has 11 heteroatoms. The van der Waals surface area contributed by atoms with Gasteiger partial charge >= 0.3 is 10.3 Å². The van der Waals surface area contributed by atoms with Crippen molar-refractivity contribution in [2.45, 2.75) is 63.4 Å². The molecule has 2 N–H and O–H groups in total. The van der Waals surface area contributed by atoms with Gasteiger partial charge in [-0.05, 0) is 27.7 Å². The van der Waals surface area contributed by atoms with Crippen LogP contribution in [0.4, 0.5) is 0 Å². The molecular weight excluding hydrogens is 398 g/mol. The van der Waals surface area contributed by atoms with Crippen LogP contribution in [0.15, 0.2) is 0 Å². The SMILES string of the molecule is Br.CC1(C)O[C@@H]2[C@@H](CO[C@@]3(COS(N)(=O)=O)OC(C)(C)O[C@@H]23)O1. The molecular formula is C12H22BrNO8S. The molecule has 3 saturated heterocycles. The zero-order chi connectivity index (χ0) is 16.4. The smallest absolute Gasteiger partial charge is 0.333 e. The fourth-order valence-electron chi connectivity index (χ4n) is 3.11. The van der Waals surface area contributed by atoms with Crippen LogP contribution < -0.4 is 5.14 Å². The third kappa shape index (κ3) is 3.88. The zero-order valence-corrected chi connectivity index (χ0v) is 15.8. The molecule has 3 heterocycles. The highest BCUT2D eigenvalue weighted by atomic mass is 79.9. The van der Waals surface area contributed by atoms with Crippen LogP contribution in [0.25, 0.3) is 0 Å². The summed E-state index contributed by atoms with van der Waals surface area (Å²) in [4.78, 5) is 0. The van der Waals surface area contributed by atoms with E-state index in [1.165, 1.54) is 0 Å². The largest absolute Gasteiger partial charge is 0.343 e. The van der Waals surface area contributed by atoms with Crippen LogP contribution in [0, 0.1) is 0 Å². The minimum Gasteiger partial charge on any atom is -0.343 e. The standard InChI is InChI=1S/C12H21NO8S.BrH/c1-10(2)18-7-5-16-12(6-17-22(13,14)15)9(8(7)19-10)20-11(3,4)21-12;/h7-9H,5-6H2,1-4H3,(H2,13,14,15);1H/t7-,8-,9+,12+;/m1./s1. The van der Waals surface area contributed by atoms with Crippen molar-refractivity contribution in [3.63, 3.8) is 0 Å². The monoisotopic (exact) mass is 419 g/mol. The Kier molecular flexibility index (Phi) is 4.95. The second-order valence-electron chi connectivity index (χ2n) is 6.56. The molecule has 0 aromatic carbocycles. The molecule has 0 aromatic rings. The molecule has 0 aliphatic carbocycles. The van der Waals surface area contributed by atoms with Gasteiger partial charge in [0, 0.05) is 0 Å². The van der Waals surface area contributed by atoms with Gasteiger partial charge in [0.2, 0.25) is 5.79 Å². The van der Waals surface area contributed by atoms with Crippen molar-refractivity contribution in [2.24, 2.45) is 5.14 Å². The maximum absolute atomic E-state index is 11.1. The molecule has 4 atom stereocenters. The van der Waals surface area contributed by atoms with Crippen LogP contribution in [-0.2, 0) is 38.2 Å². The molecule has 0 saturated carbocycles. The van der Waals surface area contributed by atoms with Crippen LogP contribution in [-0.4, -0.2) is 57.3 Å². The number of hydrogen-bond acceptors (Lipinski definition) is 8. The van der Waals surface area contributed by atoms with E-state index in [0.29, 0.717) is 0 Å². The molecule has 3 aliphatic heterocycles. The number of rotatable bonds is 3. The summed E-state index contributed by atoms with van der Waals surface area (Å²) in [6.45, 7) is 6.71. The zero-order valence-electron chi connectivity index (χ0n) is 13.3. The van der Waals surface area contributed by atoms with Crippen molar-refractivity contribution in [3.05, 3.63) is 0 Å². The van der Waals surface area contributed by atoms with Crippen molar-refractivity contribution in [3.8, 4) is 0 Å². The lowest BCUT2D eigenvalue weighted by Gasteiger charge is -2.40. The summed E-state index contributed by atoms with van der Waals surface area (Å²) in [5.74, 6) is -3.19. The quantitative estimate of drug-likeness (QED) is 0.688. The summed E-state index contributed by atoms with van der Waals surface area (Å²) >= 11 is 0. The topological polar surface area (TPSA) is 116 Å². The first-order chi connectivity index (χ1) is 9.92. The second kappa shape index (κ2) is 5.85. The summed E-state index contributed by atoms with van der Waals surface area (Å²) in [6, 6.07) is 0. The number of fused-ring (bicyclic) bond motifs is 3. The van der Waals surface area contributed by atoms with Crippen LogP contribution in [0.1, 0.15) is 27.7 Å². The van der Waals surface area contributed by atoms with Gasteiger partial charge in [0.15, 0.2) is 11.6 Å². The normalized spacial score (nSPS) is 41.0. The fraction of sp³-hybridized carbons (Fsp3) is 1.00. The molecule has 3 rings (SSSR count). The van der Waals surface area contributed by atoms with E-state index in [9.17, 15) is 8.42 Å². The Morgan fingerprint density at radius 3 is 2.39 bits per heavy atom. The third-order valence-corrected chi connectivity index (χ3v) is 4.15. The molecule has 0 unspecified atom stereocenters. The van der Waals surface area contributed by atoms with E-state index in [0.717, 1.165) is 0 Å². The van der Waals surface area contributed by atoms with E-state index >= 15 is 0 Å². The highest BCUT2D eigenvalue weighted by Crippen LogP contribution is 2.47. The maximum Gasteiger partial charge on any atom is 0.333 e. The molecule has 3 aliphatic rings. The van der Waals surface area contributed by atoms with Gasteiger partial charge in [-0.2, -0.15) is 8.42 Å². The minimum atomic E-state index is -4.14. The molecule has 0 spiro atoms. The highest BCUT2D eigenvalue weighted by Gasteiger charge is 2.65. The van der Waals surface area contributed by atoms with E-state index in [1.54, 1.807) is 27.7 Å². The average molecular weight is 420 g/mol. The first-order valence-corrected chi connectivity index (χ1v) is 8.43. The number of halogens is 1. The molecule has 0 radical (unpaired) electrons. The number of hydrogen-bond donors (Lipinski definition) is 1. The first-order valence-electron chi connectivity index (χ1n) is 6.96. The molecule has 0 amide bonds. The third-order valence-electron chi connectivity index (χ3n) is 3.70. The Labute approximate surface area is 145 Å². The second-order valence-corrected chi connectivity index (χ2v) is 7.78. The van der Waals surface area contributed by atoms with Crippen molar-refractivity contribution in [1.29, 1.82) is 0 Å². The summed E-state index contributed by atoms with van der Waals surface area (Å²) < 4.78 is 55.9. The molecule has 0 bridgehead atoms. The Balaban J connectivity index is 0.00000192. The lowest BCUT2D eigenvalue weighted by atomic mass is 9.98. The van der Waals surface area contributed by atoms with Gasteiger partial charge in [-0.1, -0.05) is 0 Å². The Hall–Kier alpha value is 0.150. The van der Waals surface area contributed by atoms with Gasteiger partial charge in [-0.15, -0.1) is 17.0 Å². The van der Waals surface area contributed by atoms with Gasteiger partial charge in [0.05, 0.1) is 6.61 Å². The van der Waals surface area contributed by atoms with E-state index in [-0.39, 0.29) is 29.7 Å². The van der Waals surface area contributed by atoms with Gasteiger partial charge in [-0.3, -0.25) is 4.18 Å². The van der Waals surface area contributed by atoms with Crippen molar-refractivity contribution < 1.29 is 36.3 Å². The van der Waals surface area contributed by atoms with Crippen LogP contribution in [0.3, 0.4) is 0 Å². The van der Waals surface area contributed by atoms with Crippen LogP contribution in [0.2, 0.25) is 0 Å². The molecule has 3 fully saturated rings. The number of nitrogens with two attached hydrogens (primary N) is 1. The fourth-order valence-corrected chi connectivity index (χ4v) is 3.44. The van der Waals surface area contributed by atoms with Crippen LogP contribution >= 0.6 is 17.0 Å². The number of ether oxygens (including phenoxy) is 5. The van der Waals surface area contributed by atoms with Crippen molar-refractivity contribution in [2.75, 3.05) is 13.2 Å². The first kappa shape index (κ1) is 19.5. The van der Waals surface area contributed by atoms with Crippen molar-refractivity contribution >= 4 is 27.3 Å². The molecule has 23 heavy (non-hydrogen) atoms. The average Bonchev–Trinajstić information content (AvgIpc) is 2.78. The summed E-state index contributed by atoms with van der Waals surface area (Å²) in [5, 5.41) is 4.89. The Morgan fingerprint density at radius 1 is 1.13 bits per heavy atom.